The number of halogens is 1. The van der Waals surface area contributed by atoms with Crippen molar-refractivity contribution in [2.45, 2.75) is 32.1 Å². The van der Waals surface area contributed by atoms with Crippen LogP contribution < -0.4 is 16.0 Å². The molecular weight excluding hydrogens is 317 g/mol. The number of nitrogens with zero attached hydrogens (tertiary/aromatic N) is 2. The molecule has 0 spiro atoms. The molecule has 1 aromatic heterocycles. The minimum atomic E-state index is -0.512. The van der Waals surface area contributed by atoms with Gasteiger partial charge in [0.05, 0.1) is 5.56 Å². The highest BCUT2D eigenvalue weighted by atomic mass is 19.1. The summed E-state index contributed by atoms with van der Waals surface area (Å²) in [6, 6.07) is 7.40. The minimum absolute atomic E-state index is 0.159. The first-order valence-corrected chi connectivity index (χ1v) is 8.57. The Labute approximate surface area is 147 Å². The Morgan fingerprint density at radius 1 is 1.24 bits per heavy atom. The normalized spacial score (nSPS) is 13.7. The molecule has 0 bridgehead atoms. The number of benzene rings is 1. The number of rotatable bonds is 4. The lowest BCUT2D eigenvalue weighted by Gasteiger charge is -2.19. The number of hydrogen-bond donors (Lipinski definition) is 3. The van der Waals surface area contributed by atoms with Crippen LogP contribution in [0.5, 0.6) is 0 Å². The molecule has 4 N–H and O–H groups in total. The maximum Gasteiger partial charge on any atom is 0.169 e. The lowest BCUT2D eigenvalue weighted by atomic mass is 10.0. The summed E-state index contributed by atoms with van der Waals surface area (Å²) < 4.78 is 14.6. The van der Waals surface area contributed by atoms with Crippen molar-refractivity contribution in [2.75, 3.05) is 24.3 Å². The fraction of sp³-hybridized carbons (Fsp3) is 0.368. The molecule has 0 fully saturated rings. The van der Waals surface area contributed by atoms with Crippen molar-refractivity contribution in [2.24, 2.45) is 5.73 Å². The van der Waals surface area contributed by atoms with Gasteiger partial charge in [-0.2, -0.15) is 0 Å². The van der Waals surface area contributed by atoms with Crippen LogP contribution in [0.15, 0.2) is 24.3 Å². The molecule has 2 aromatic rings. The van der Waals surface area contributed by atoms with E-state index in [2.05, 4.69) is 16.4 Å². The number of nitrogens with two attached hydrogens (primary N) is 1. The van der Waals surface area contributed by atoms with Gasteiger partial charge in [0.1, 0.15) is 11.7 Å². The lowest BCUT2D eigenvalue weighted by molar-refractivity contribution is 0.625. The van der Waals surface area contributed by atoms with Crippen LogP contribution >= 0.6 is 0 Å². The Balaban J connectivity index is 2.01. The van der Waals surface area contributed by atoms with Crippen LogP contribution in [0.2, 0.25) is 0 Å². The van der Waals surface area contributed by atoms with Crippen molar-refractivity contribution < 1.29 is 4.39 Å². The molecule has 6 heteroatoms. The summed E-state index contributed by atoms with van der Waals surface area (Å²) in [7, 11) is 3.59. The molecular formula is C19H24FN5. The molecule has 1 aliphatic rings. The molecule has 1 aliphatic carbocycles. The predicted octanol–water partition coefficient (Wildman–Crippen LogP) is 3.58. The van der Waals surface area contributed by atoms with Crippen LogP contribution in [0, 0.1) is 11.2 Å². The van der Waals surface area contributed by atoms with Crippen molar-refractivity contribution in [3.63, 3.8) is 0 Å². The lowest BCUT2D eigenvalue weighted by Crippen LogP contribution is -2.21. The van der Waals surface area contributed by atoms with E-state index in [4.69, 9.17) is 11.1 Å². The van der Waals surface area contributed by atoms with Crippen molar-refractivity contribution in [1.82, 2.24) is 4.98 Å². The molecule has 1 heterocycles. The Kier molecular flexibility index (Phi) is 4.88. The van der Waals surface area contributed by atoms with Gasteiger partial charge < -0.3 is 16.0 Å². The van der Waals surface area contributed by atoms with Crippen molar-refractivity contribution in [3.05, 3.63) is 46.8 Å². The monoisotopic (exact) mass is 341 g/mol. The van der Waals surface area contributed by atoms with E-state index < -0.39 is 5.82 Å². The number of anilines is 3. The van der Waals surface area contributed by atoms with Gasteiger partial charge in [0.2, 0.25) is 0 Å². The van der Waals surface area contributed by atoms with Gasteiger partial charge in [-0.1, -0.05) is 18.6 Å². The van der Waals surface area contributed by atoms with Crippen LogP contribution in [-0.2, 0) is 12.8 Å². The number of nitrogen functional groups attached to an aromatic ring is 1. The van der Waals surface area contributed by atoms with E-state index in [-0.39, 0.29) is 11.7 Å². The zero-order chi connectivity index (χ0) is 18.0. The summed E-state index contributed by atoms with van der Waals surface area (Å²) in [5.74, 6) is -0.0815. The first-order chi connectivity index (χ1) is 12.0. The van der Waals surface area contributed by atoms with Gasteiger partial charge in [0.25, 0.3) is 0 Å². The fourth-order valence-electron chi connectivity index (χ4n) is 3.31. The van der Waals surface area contributed by atoms with E-state index in [0.29, 0.717) is 11.4 Å². The van der Waals surface area contributed by atoms with Gasteiger partial charge in [-0.25, -0.2) is 9.37 Å². The van der Waals surface area contributed by atoms with Crippen molar-refractivity contribution in [1.29, 1.82) is 5.41 Å². The summed E-state index contributed by atoms with van der Waals surface area (Å²) >= 11 is 0. The summed E-state index contributed by atoms with van der Waals surface area (Å²) in [5.41, 5.74) is 9.34. The third-order valence-electron chi connectivity index (χ3n) is 4.57. The number of amidine groups is 1. The van der Waals surface area contributed by atoms with Gasteiger partial charge in [0, 0.05) is 19.8 Å². The maximum atomic E-state index is 14.6. The highest BCUT2D eigenvalue weighted by Crippen LogP contribution is 2.31. The molecule has 3 rings (SSSR count). The van der Waals surface area contributed by atoms with Crippen LogP contribution in [0.25, 0.3) is 0 Å². The predicted molar refractivity (Wildman–Crippen MR) is 101 cm³/mol. The summed E-state index contributed by atoms with van der Waals surface area (Å²) in [6.07, 6.45) is 5.62. The largest absolute Gasteiger partial charge is 0.384 e. The molecule has 25 heavy (non-hydrogen) atoms. The Morgan fingerprint density at radius 3 is 2.72 bits per heavy atom. The summed E-state index contributed by atoms with van der Waals surface area (Å²) in [5, 5.41) is 10.8. The van der Waals surface area contributed by atoms with E-state index in [9.17, 15) is 4.39 Å². The minimum Gasteiger partial charge on any atom is -0.384 e. The highest BCUT2D eigenvalue weighted by molar-refractivity contribution is 6.00. The summed E-state index contributed by atoms with van der Waals surface area (Å²) in [6.45, 7) is 0. The first kappa shape index (κ1) is 17.2. The highest BCUT2D eigenvalue weighted by Gasteiger charge is 2.18. The average Bonchev–Trinajstić information content (AvgIpc) is 2.82. The van der Waals surface area contributed by atoms with Crippen LogP contribution in [0.4, 0.5) is 21.7 Å². The zero-order valence-electron chi connectivity index (χ0n) is 14.7. The summed E-state index contributed by atoms with van der Waals surface area (Å²) in [4.78, 5) is 6.11. The van der Waals surface area contributed by atoms with E-state index >= 15 is 0 Å². The van der Waals surface area contributed by atoms with E-state index in [0.717, 1.165) is 24.9 Å². The van der Waals surface area contributed by atoms with Gasteiger partial charge in [-0.3, -0.25) is 5.41 Å². The standard InChI is InChI=1S/C19H24FN5/c1-25(2)19-14(17(21)22)11-15(20)18(24-19)23-16-10-6-8-12-7-4-3-5-9-13(12)16/h6,8,10-11H,3-5,7,9H2,1-2H3,(H3,21,22)(H,23,24). The Bertz CT molecular complexity index is 801. The smallest absolute Gasteiger partial charge is 0.169 e. The quantitative estimate of drug-likeness (QED) is 0.451. The number of hydrogen-bond acceptors (Lipinski definition) is 4. The molecule has 0 unspecified atom stereocenters. The third kappa shape index (κ3) is 3.57. The Hall–Kier alpha value is -2.63. The van der Waals surface area contributed by atoms with Crippen LogP contribution in [0.3, 0.4) is 0 Å². The molecule has 0 radical (unpaired) electrons. The van der Waals surface area contributed by atoms with Gasteiger partial charge >= 0.3 is 0 Å². The molecule has 132 valence electrons. The third-order valence-corrected chi connectivity index (χ3v) is 4.57. The van der Waals surface area contributed by atoms with Gasteiger partial charge in [-0.15, -0.1) is 0 Å². The van der Waals surface area contributed by atoms with Gasteiger partial charge in [-0.05, 0) is 48.9 Å². The topological polar surface area (TPSA) is 78.0 Å². The van der Waals surface area contributed by atoms with E-state index in [1.165, 1.54) is 30.0 Å². The molecule has 0 saturated carbocycles. The second-order valence-corrected chi connectivity index (χ2v) is 6.63. The number of aryl methyl sites for hydroxylation is 1. The number of aromatic nitrogens is 1. The van der Waals surface area contributed by atoms with Gasteiger partial charge in [0.15, 0.2) is 11.6 Å². The molecule has 0 saturated heterocycles. The number of fused-ring (bicyclic) bond motifs is 1. The van der Waals surface area contributed by atoms with Crippen molar-refractivity contribution >= 4 is 23.2 Å². The molecule has 0 amide bonds. The maximum absolute atomic E-state index is 14.6. The molecule has 0 atom stereocenters. The SMILES string of the molecule is CN(C)c1nc(Nc2cccc3c2CCCCC3)c(F)cc1C(=N)N. The molecule has 1 aromatic carbocycles. The van der Waals surface area contributed by atoms with Crippen LogP contribution in [-0.4, -0.2) is 24.9 Å². The Morgan fingerprint density at radius 2 is 2.00 bits per heavy atom. The van der Waals surface area contributed by atoms with Crippen LogP contribution in [0.1, 0.15) is 36.0 Å². The van der Waals surface area contributed by atoms with E-state index in [1.54, 1.807) is 19.0 Å². The first-order valence-electron chi connectivity index (χ1n) is 8.57. The average molecular weight is 341 g/mol. The second-order valence-electron chi connectivity index (χ2n) is 6.63. The van der Waals surface area contributed by atoms with E-state index in [1.807, 2.05) is 12.1 Å². The number of pyridine rings is 1. The fourth-order valence-corrected chi connectivity index (χ4v) is 3.31. The van der Waals surface area contributed by atoms with Crippen molar-refractivity contribution in [3.8, 4) is 0 Å². The molecule has 5 nitrogen and oxygen atoms in total. The molecule has 0 aliphatic heterocycles. The number of nitrogens with one attached hydrogen (secondary N) is 2. The second kappa shape index (κ2) is 7.09. The zero-order valence-corrected chi connectivity index (χ0v) is 14.7.